The van der Waals surface area contributed by atoms with Gasteiger partial charge in [0.2, 0.25) is 0 Å². The van der Waals surface area contributed by atoms with Crippen LogP contribution in [0.4, 0.5) is 0 Å². The number of piperazine rings is 1. The van der Waals surface area contributed by atoms with E-state index in [4.69, 9.17) is 0 Å². The SMILES string of the molecule is CN1CCC(CNCCC(C)(C)N2CCNCC2)C1. The maximum absolute atomic E-state index is 3.67. The van der Waals surface area contributed by atoms with E-state index < -0.39 is 0 Å². The number of nitrogens with one attached hydrogen (secondary N) is 2. The predicted molar refractivity (Wildman–Crippen MR) is 81.6 cm³/mol. The molecule has 0 saturated carbocycles. The summed E-state index contributed by atoms with van der Waals surface area (Å²) in [6.07, 6.45) is 2.61. The third-order valence-corrected chi connectivity index (χ3v) is 4.81. The van der Waals surface area contributed by atoms with Gasteiger partial charge < -0.3 is 15.5 Å². The molecule has 0 aromatic rings. The molecular weight excluding hydrogens is 236 g/mol. The minimum atomic E-state index is 0.335. The smallest absolute Gasteiger partial charge is 0.0166 e. The molecule has 2 aliphatic rings. The van der Waals surface area contributed by atoms with E-state index in [2.05, 4.69) is 41.3 Å². The molecule has 2 heterocycles. The van der Waals surface area contributed by atoms with Crippen LogP contribution in [0.25, 0.3) is 0 Å². The zero-order valence-electron chi connectivity index (χ0n) is 13.0. The third-order valence-electron chi connectivity index (χ3n) is 4.81. The van der Waals surface area contributed by atoms with Crippen molar-refractivity contribution >= 4 is 0 Å². The second kappa shape index (κ2) is 7.02. The highest BCUT2D eigenvalue weighted by atomic mass is 15.2. The van der Waals surface area contributed by atoms with Gasteiger partial charge >= 0.3 is 0 Å². The summed E-state index contributed by atoms with van der Waals surface area (Å²) in [5.41, 5.74) is 0.335. The number of hydrogen-bond acceptors (Lipinski definition) is 4. The van der Waals surface area contributed by atoms with Gasteiger partial charge in [-0.15, -0.1) is 0 Å². The van der Waals surface area contributed by atoms with Crippen LogP contribution in [0, 0.1) is 5.92 Å². The maximum atomic E-state index is 3.67. The molecule has 4 nitrogen and oxygen atoms in total. The van der Waals surface area contributed by atoms with Crippen molar-refractivity contribution in [3.63, 3.8) is 0 Å². The Hall–Kier alpha value is -0.160. The highest BCUT2D eigenvalue weighted by Gasteiger charge is 2.27. The molecule has 1 unspecified atom stereocenters. The topological polar surface area (TPSA) is 30.5 Å². The largest absolute Gasteiger partial charge is 0.316 e. The second-order valence-electron chi connectivity index (χ2n) is 6.92. The summed E-state index contributed by atoms with van der Waals surface area (Å²) < 4.78 is 0. The molecule has 0 aliphatic carbocycles. The van der Waals surface area contributed by atoms with Gasteiger partial charge in [0.25, 0.3) is 0 Å². The first-order valence-electron chi connectivity index (χ1n) is 7.93. The summed E-state index contributed by atoms with van der Waals surface area (Å²) in [4.78, 5) is 5.07. The molecule has 2 saturated heterocycles. The van der Waals surface area contributed by atoms with Gasteiger partial charge in [0.05, 0.1) is 0 Å². The molecule has 19 heavy (non-hydrogen) atoms. The van der Waals surface area contributed by atoms with Crippen molar-refractivity contribution in [1.82, 2.24) is 20.4 Å². The first kappa shape index (κ1) is 15.2. The lowest BCUT2D eigenvalue weighted by atomic mass is 9.97. The molecule has 2 N–H and O–H groups in total. The van der Waals surface area contributed by atoms with E-state index in [-0.39, 0.29) is 0 Å². The Bertz CT molecular complexity index is 261. The van der Waals surface area contributed by atoms with Crippen LogP contribution in [0.5, 0.6) is 0 Å². The van der Waals surface area contributed by atoms with Crippen molar-refractivity contribution in [2.75, 3.05) is 59.4 Å². The van der Waals surface area contributed by atoms with Crippen LogP contribution in [0.3, 0.4) is 0 Å². The number of nitrogens with zero attached hydrogens (tertiary/aromatic N) is 2. The first-order chi connectivity index (χ1) is 9.08. The highest BCUT2D eigenvalue weighted by Crippen LogP contribution is 2.19. The number of likely N-dealkylation sites (tertiary alicyclic amines) is 1. The minimum absolute atomic E-state index is 0.335. The van der Waals surface area contributed by atoms with Crippen LogP contribution in [-0.2, 0) is 0 Å². The number of hydrogen-bond donors (Lipinski definition) is 2. The minimum Gasteiger partial charge on any atom is -0.316 e. The van der Waals surface area contributed by atoms with Crippen LogP contribution in [-0.4, -0.2) is 74.7 Å². The van der Waals surface area contributed by atoms with E-state index >= 15 is 0 Å². The monoisotopic (exact) mass is 268 g/mol. The van der Waals surface area contributed by atoms with Gasteiger partial charge in [-0.2, -0.15) is 0 Å². The van der Waals surface area contributed by atoms with E-state index in [1.54, 1.807) is 0 Å². The van der Waals surface area contributed by atoms with E-state index in [9.17, 15) is 0 Å². The molecule has 2 fully saturated rings. The van der Waals surface area contributed by atoms with Gasteiger partial charge in [0, 0.05) is 38.3 Å². The zero-order chi connectivity index (χ0) is 13.7. The van der Waals surface area contributed by atoms with Gasteiger partial charge in [0.1, 0.15) is 0 Å². The van der Waals surface area contributed by atoms with Gasteiger partial charge in [-0.1, -0.05) is 0 Å². The van der Waals surface area contributed by atoms with Crippen LogP contribution in [0.1, 0.15) is 26.7 Å². The van der Waals surface area contributed by atoms with Crippen molar-refractivity contribution in [2.45, 2.75) is 32.2 Å². The lowest BCUT2D eigenvalue weighted by molar-refractivity contribution is 0.0954. The molecule has 0 bridgehead atoms. The Labute approximate surface area is 118 Å². The Kier molecular flexibility index (Phi) is 5.63. The van der Waals surface area contributed by atoms with Crippen LogP contribution >= 0.6 is 0 Å². The van der Waals surface area contributed by atoms with Crippen molar-refractivity contribution in [2.24, 2.45) is 5.92 Å². The standard InChI is InChI=1S/C15H32N4/c1-15(2,19-10-7-16-8-11-19)5-6-17-12-14-4-9-18(3)13-14/h14,16-17H,4-13H2,1-3H3. The van der Waals surface area contributed by atoms with Crippen molar-refractivity contribution in [1.29, 1.82) is 0 Å². The molecule has 0 spiro atoms. The summed E-state index contributed by atoms with van der Waals surface area (Å²) in [6, 6.07) is 0. The maximum Gasteiger partial charge on any atom is 0.0166 e. The fourth-order valence-corrected chi connectivity index (χ4v) is 3.32. The zero-order valence-corrected chi connectivity index (χ0v) is 13.0. The molecule has 0 radical (unpaired) electrons. The van der Waals surface area contributed by atoms with Gasteiger partial charge in [0.15, 0.2) is 0 Å². The van der Waals surface area contributed by atoms with E-state index in [1.165, 1.54) is 45.6 Å². The molecule has 0 aromatic carbocycles. The van der Waals surface area contributed by atoms with Gasteiger partial charge in [-0.05, 0) is 59.3 Å². The van der Waals surface area contributed by atoms with Crippen LogP contribution in [0.2, 0.25) is 0 Å². The molecular formula is C15H32N4. The second-order valence-corrected chi connectivity index (χ2v) is 6.92. The fraction of sp³-hybridized carbons (Fsp3) is 1.00. The molecule has 2 aliphatic heterocycles. The van der Waals surface area contributed by atoms with Gasteiger partial charge in [-0.3, -0.25) is 4.90 Å². The Balaban J connectivity index is 1.61. The molecule has 2 rings (SSSR count). The molecule has 1 atom stereocenters. The van der Waals surface area contributed by atoms with Gasteiger partial charge in [-0.25, -0.2) is 0 Å². The quantitative estimate of drug-likeness (QED) is 0.691. The summed E-state index contributed by atoms with van der Waals surface area (Å²) in [5.74, 6) is 0.868. The molecule has 4 heteroatoms. The Morgan fingerprint density at radius 1 is 1.21 bits per heavy atom. The molecule has 0 aromatic heterocycles. The number of rotatable bonds is 6. The van der Waals surface area contributed by atoms with E-state index in [0.717, 1.165) is 25.6 Å². The average molecular weight is 268 g/mol. The molecule has 0 amide bonds. The summed E-state index contributed by atoms with van der Waals surface area (Å²) >= 11 is 0. The highest BCUT2D eigenvalue weighted by molar-refractivity contribution is 4.85. The first-order valence-corrected chi connectivity index (χ1v) is 7.93. The average Bonchev–Trinajstić information content (AvgIpc) is 2.82. The molecule has 112 valence electrons. The van der Waals surface area contributed by atoms with Crippen LogP contribution in [0.15, 0.2) is 0 Å². The van der Waals surface area contributed by atoms with Crippen LogP contribution < -0.4 is 10.6 Å². The predicted octanol–water partition coefficient (Wildman–Crippen LogP) is 0.602. The third kappa shape index (κ3) is 4.71. The Morgan fingerprint density at radius 3 is 2.58 bits per heavy atom. The normalized spacial score (nSPS) is 27.0. The van der Waals surface area contributed by atoms with Crippen molar-refractivity contribution in [3.05, 3.63) is 0 Å². The van der Waals surface area contributed by atoms with E-state index in [0.29, 0.717) is 5.54 Å². The summed E-state index contributed by atoms with van der Waals surface area (Å²) in [5, 5.41) is 7.11. The fourth-order valence-electron chi connectivity index (χ4n) is 3.32. The lowest BCUT2D eigenvalue weighted by Crippen LogP contribution is -2.54. The summed E-state index contributed by atoms with van der Waals surface area (Å²) in [6.45, 7) is 14.4. The van der Waals surface area contributed by atoms with Crippen molar-refractivity contribution in [3.8, 4) is 0 Å². The Morgan fingerprint density at radius 2 is 1.95 bits per heavy atom. The van der Waals surface area contributed by atoms with Crippen molar-refractivity contribution < 1.29 is 0 Å². The summed E-state index contributed by atoms with van der Waals surface area (Å²) in [7, 11) is 2.23. The lowest BCUT2D eigenvalue weighted by Gasteiger charge is -2.41. The van der Waals surface area contributed by atoms with E-state index in [1.807, 2.05) is 0 Å².